The molecule has 0 spiro atoms. The minimum Gasteiger partial charge on any atom is -0.456 e. The number of ether oxygens (including phenoxy) is 1. The number of imide groups is 1. The summed E-state index contributed by atoms with van der Waals surface area (Å²) in [7, 11) is 0. The molecule has 1 aliphatic carbocycles. The van der Waals surface area contributed by atoms with Crippen LogP contribution in [0.5, 0.6) is 0 Å². The topological polar surface area (TPSA) is 123 Å². The normalized spacial score (nSPS) is 13.8. The number of hydrogen-bond donors (Lipinski definition) is 2. The van der Waals surface area contributed by atoms with Gasteiger partial charge in [-0.05, 0) is 37.1 Å². The van der Waals surface area contributed by atoms with E-state index in [1.165, 1.54) is 0 Å². The van der Waals surface area contributed by atoms with Gasteiger partial charge in [0.2, 0.25) is 11.7 Å². The second kappa shape index (κ2) is 10.0. The number of esters is 1. The number of nitrogens with zero attached hydrogens (tertiary/aromatic N) is 2. The van der Waals surface area contributed by atoms with Crippen LogP contribution in [0.25, 0.3) is 11.4 Å². The molecule has 29 heavy (non-hydrogen) atoms. The highest BCUT2D eigenvalue weighted by molar-refractivity contribution is 6.30. The highest BCUT2D eigenvalue weighted by atomic mass is 35.5. The van der Waals surface area contributed by atoms with Gasteiger partial charge in [0.05, 0.1) is 6.42 Å². The zero-order chi connectivity index (χ0) is 20.6. The lowest BCUT2D eigenvalue weighted by Crippen LogP contribution is -2.45. The number of amides is 3. The van der Waals surface area contributed by atoms with E-state index in [9.17, 15) is 14.4 Å². The summed E-state index contributed by atoms with van der Waals surface area (Å²) in [5.74, 6) is -0.635. The van der Waals surface area contributed by atoms with Crippen molar-refractivity contribution in [3.05, 3.63) is 35.2 Å². The van der Waals surface area contributed by atoms with Crippen molar-refractivity contribution < 1.29 is 23.6 Å². The van der Waals surface area contributed by atoms with E-state index in [2.05, 4.69) is 20.8 Å². The van der Waals surface area contributed by atoms with Gasteiger partial charge in [-0.25, -0.2) is 4.79 Å². The molecule has 9 nitrogen and oxygen atoms in total. The van der Waals surface area contributed by atoms with Crippen molar-refractivity contribution in [1.82, 2.24) is 20.8 Å². The molecule has 0 aliphatic heterocycles. The molecule has 0 saturated heterocycles. The quantitative estimate of drug-likeness (QED) is 0.660. The van der Waals surface area contributed by atoms with Crippen molar-refractivity contribution in [3.8, 4) is 11.4 Å². The fraction of sp³-hybridized carbons (Fsp3) is 0.421. The molecule has 3 amide bonds. The first-order valence-electron chi connectivity index (χ1n) is 9.34. The molecule has 1 fully saturated rings. The minimum atomic E-state index is -0.684. The summed E-state index contributed by atoms with van der Waals surface area (Å²) in [5, 5.41) is 9.31. The molecule has 154 valence electrons. The number of aryl methyl sites for hydroxylation is 1. The highest BCUT2D eigenvalue weighted by Gasteiger charge is 2.19. The van der Waals surface area contributed by atoms with Crippen molar-refractivity contribution >= 4 is 29.5 Å². The number of benzene rings is 1. The van der Waals surface area contributed by atoms with Crippen LogP contribution in [-0.2, 0) is 20.7 Å². The van der Waals surface area contributed by atoms with Gasteiger partial charge in [-0.3, -0.25) is 14.9 Å². The van der Waals surface area contributed by atoms with Crippen molar-refractivity contribution in [2.45, 2.75) is 44.6 Å². The first-order valence-corrected chi connectivity index (χ1v) is 9.72. The summed E-state index contributed by atoms with van der Waals surface area (Å²) in [6, 6.07) is 6.46. The largest absolute Gasteiger partial charge is 0.456 e. The highest BCUT2D eigenvalue weighted by Crippen LogP contribution is 2.19. The summed E-state index contributed by atoms with van der Waals surface area (Å²) in [6.45, 7) is -0.531. The molecule has 1 heterocycles. The Morgan fingerprint density at radius 3 is 2.62 bits per heavy atom. The molecule has 1 aromatic heterocycles. The molecule has 2 aromatic rings. The predicted molar refractivity (Wildman–Crippen MR) is 103 cm³/mol. The van der Waals surface area contributed by atoms with Crippen molar-refractivity contribution in [2.24, 2.45) is 0 Å². The van der Waals surface area contributed by atoms with Crippen molar-refractivity contribution in [3.63, 3.8) is 0 Å². The fourth-order valence-corrected chi connectivity index (χ4v) is 3.08. The Balaban J connectivity index is 1.36. The van der Waals surface area contributed by atoms with Gasteiger partial charge in [0, 0.05) is 23.0 Å². The van der Waals surface area contributed by atoms with Gasteiger partial charge in [-0.2, -0.15) is 4.98 Å². The maximum Gasteiger partial charge on any atom is 0.321 e. The van der Waals surface area contributed by atoms with E-state index in [4.69, 9.17) is 20.9 Å². The Morgan fingerprint density at radius 1 is 1.17 bits per heavy atom. The first kappa shape index (κ1) is 20.8. The van der Waals surface area contributed by atoms with E-state index in [-0.39, 0.29) is 24.8 Å². The summed E-state index contributed by atoms with van der Waals surface area (Å²) in [5.41, 5.74) is 0.736. The second-order valence-electron chi connectivity index (χ2n) is 6.68. The average Bonchev–Trinajstić information content (AvgIpc) is 3.37. The average molecular weight is 421 g/mol. The van der Waals surface area contributed by atoms with E-state index in [1.807, 2.05) is 0 Å². The Morgan fingerprint density at radius 2 is 1.90 bits per heavy atom. The second-order valence-corrected chi connectivity index (χ2v) is 7.12. The maximum absolute atomic E-state index is 11.8. The van der Waals surface area contributed by atoms with Gasteiger partial charge in [0.15, 0.2) is 6.61 Å². The van der Waals surface area contributed by atoms with Gasteiger partial charge in [-0.15, -0.1) is 0 Å². The Hall–Kier alpha value is -2.94. The lowest BCUT2D eigenvalue weighted by Gasteiger charge is -2.12. The van der Waals surface area contributed by atoms with Crippen LogP contribution in [0.2, 0.25) is 5.02 Å². The number of carbonyl (C=O) groups is 3. The van der Waals surface area contributed by atoms with Crippen LogP contribution >= 0.6 is 11.6 Å². The number of urea groups is 1. The number of rotatable bonds is 7. The Bertz CT molecular complexity index is 862. The summed E-state index contributed by atoms with van der Waals surface area (Å²) in [6.07, 6.45) is 4.08. The van der Waals surface area contributed by atoms with Gasteiger partial charge in [-0.1, -0.05) is 29.6 Å². The van der Waals surface area contributed by atoms with Crippen LogP contribution in [0.4, 0.5) is 4.79 Å². The van der Waals surface area contributed by atoms with Crippen molar-refractivity contribution in [1.29, 1.82) is 0 Å². The predicted octanol–water partition coefficient (Wildman–Crippen LogP) is 2.63. The third-order valence-electron chi connectivity index (χ3n) is 4.42. The number of halogens is 1. The molecule has 0 radical (unpaired) electrons. The molecular formula is C19H21ClN4O5. The Kier molecular flexibility index (Phi) is 7.18. The first-order chi connectivity index (χ1) is 14.0. The lowest BCUT2D eigenvalue weighted by molar-refractivity contribution is -0.148. The summed E-state index contributed by atoms with van der Waals surface area (Å²) < 4.78 is 9.97. The van der Waals surface area contributed by atoms with Crippen LogP contribution in [0, 0.1) is 0 Å². The third kappa shape index (κ3) is 6.56. The standard InChI is InChI=1S/C19H21ClN4O5/c20-13-7-5-12(6-8-13)18-23-16(29-24-18)9-10-17(26)28-11-15(25)22-19(27)21-14-3-1-2-4-14/h5-8,14H,1-4,9-11H2,(H2,21,22,25,27). The number of aromatic nitrogens is 2. The Labute approximate surface area is 172 Å². The SMILES string of the molecule is O=C(COC(=O)CCc1nc(-c2ccc(Cl)cc2)no1)NC(=O)NC1CCCC1. The number of nitrogens with one attached hydrogen (secondary N) is 2. The number of hydrogen-bond acceptors (Lipinski definition) is 7. The third-order valence-corrected chi connectivity index (χ3v) is 4.67. The van der Waals surface area contributed by atoms with E-state index in [0.29, 0.717) is 10.8 Å². The smallest absolute Gasteiger partial charge is 0.321 e. The van der Waals surface area contributed by atoms with E-state index >= 15 is 0 Å². The molecule has 0 bridgehead atoms. The summed E-state index contributed by atoms with van der Waals surface area (Å²) >= 11 is 5.84. The zero-order valence-corrected chi connectivity index (χ0v) is 16.4. The molecule has 0 unspecified atom stereocenters. The van der Waals surface area contributed by atoms with E-state index < -0.39 is 24.5 Å². The van der Waals surface area contributed by atoms with Crippen LogP contribution in [0.3, 0.4) is 0 Å². The van der Waals surface area contributed by atoms with Crippen LogP contribution in [0.1, 0.15) is 38.0 Å². The minimum absolute atomic E-state index is 0.0379. The van der Waals surface area contributed by atoms with Crippen LogP contribution < -0.4 is 10.6 Å². The number of carbonyl (C=O) groups excluding carboxylic acids is 3. The van der Waals surface area contributed by atoms with Crippen LogP contribution in [0.15, 0.2) is 28.8 Å². The zero-order valence-electron chi connectivity index (χ0n) is 15.7. The molecule has 3 rings (SSSR count). The molecule has 1 aromatic carbocycles. The lowest BCUT2D eigenvalue weighted by atomic mass is 10.2. The van der Waals surface area contributed by atoms with Gasteiger partial charge >= 0.3 is 12.0 Å². The molecule has 1 saturated carbocycles. The molecule has 2 N–H and O–H groups in total. The fourth-order valence-electron chi connectivity index (χ4n) is 2.95. The van der Waals surface area contributed by atoms with Gasteiger partial charge in [0.1, 0.15) is 0 Å². The van der Waals surface area contributed by atoms with E-state index in [0.717, 1.165) is 31.2 Å². The van der Waals surface area contributed by atoms with Crippen LogP contribution in [-0.4, -0.2) is 40.7 Å². The van der Waals surface area contributed by atoms with Gasteiger partial charge < -0.3 is 14.6 Å². The molecular weight excluding hydrogens is 400 g/mol. The summed E-state index contributed by atoms with van der Waals surface area (Å²) in [4.78, 5) is 39.4. The molecule has 1 aliphatic rings. The maximum atomic E-state index is 11.8. The molecule has 0 atom stereocenters. The molecule has 10 heteroatoms. The van der Waals surface area contributed by atoms with E-state index in [1.54, 1.807) is 24.3 Å². The monoisotopic (exact) mass is 420 g/mol. The van der Waals surface area contributed by atoms with Gasteiger partial charge in [0.25, 0.3) is 5.91 Å². The van der Waals surface area contributed by atoms with Crippen molar-refractivity contribution in [2.75, 3.05) is 6.61 Å².